The van der Waals surface area contributed by atoms with E-state index in [1.165, 1.54) is 5.56 Å². The van der Waals surface area contributed by atoms with E-state index in [0.717, 1.165) is 43.2 Å². The third-order valence-electron chi connectivity index (χ3n) is 3.45. The lowest BCUT2D eigenvalue weighted by atomic mass is 10.0. The van der Waals surface area contributed by atoms with Crippen LogP contribution in [0.4, 0.5) is 0 Å². The van der Waals surface area contributed by atoms with Crippen molar-refractivity contribution in [1.82, 2.24) is 0 Å². The van der Waals surface area contributed by atoms with Gasteiger partial charge >= 0.3 is 0 Å². The van der Waals surface area contributed by atoms with Gasteiger partial charge < -0.3 is 14.6 Å². The molecule has 1 N–H and O–H groups in total. The average Bonchev–Trinajstić information content (AvgIpc) is 2.43. The van der Waals surface area contributed by atoms with E-state index >= 15 is 0 Å². The standard InChI is InChI=1S/C17H30O3Si/c1-5-6-7-15-12-17(9-8-16(15)13-18)20-14-19-10-11-21(2,3)4/h8-9,12,18H,5-7,10-11,13-14H2,1-4H3. The molecule has 0 aromatic heterocycles. The Labute approximate surface area is 130 Å². The third-order valence-corrected chi connectivity index (χ3v) is 5.16. The summed E-state index contributed by atoms with van der Waals surface area (Å²) in [6, 6.07) is 7.04. The molecule has 21 heavy (non-hydrogen) atoms. The minimum absolute atomic E-state index is 0.0893. The quantitative estimate of drug-likeness (QED) is 0.400. The first-order valence-corrected chi connectivity index (χ1v) is 11.6. The van der Waals surface area contributed by atoms with E-state index in [9.17, 15) is 5.11 Å². The Hall–Kier alpha value is -0.843. The van der Waals surface area contributed by atoms with Gasteiger partial charge in [0, 0.05) is 14.7 Å². The topological polar surface area (TPSA) is 38.7 Å². The molecule has 0 saturated carbocycles. The molecule has 1 aromatic rings. The number of aliphatic hydroxyl groups excluding tert-OH is 1. The fraction of sp³-hybridized carbons (Fsp3) is 0.647. The molecule has 0 bridgehead atoms. The van der Waals surface area contributed by atoms with Gasteiger partial charge in [-0.05, 0) is 42.1 Å². The van der Waals surface area contributed by atoms with E-state index in [1.54, 1.807) is 0 Å². The van der Waals surface area contributed by atoms with Crippen LogP contribution in [0.3, 0.4) is 0 Å². The summed E-state index contributed by atoms with van der Waals surface area (Å²) >= 11 is 0. The van der Waals surface area contributed by atoms with Crippen molar-refractivity contribution >= 4 is 8.07 Å². The van der Waals surface area contributed by atoms with Crippen molar-refractivity contribution in [3.8, 4) is 5.75 Å². The predicted molar refractivity (Wildman–Crippen MR) is 90.6 cm³/mol. The molecule has 1 aromatic carbocycles. The van der Waals surface area contributed by atoms with Crippen LogP contribution in [0.25, 0.3) is 0 Å². The molecule has 0 heterocycles. The largest absolute Gasteiger partial charge is 0.468 e. The zero-order valence-electron chi connectivity index (χ0n) is 13.9. The van der Waals surface area contributed by atoms with Crippen LogP contribution >= 0.6 is 0 Å². The molecule has 3 nitrogen and oxygen atoms in total. The first-order valence-electron chi connectivity index (χ1n) is 7.89. The molecular formula is C17H30O3Si. The van der Waals surface area contributed by atoms with Gasteiger partial charge in [0.25, 0.3) is 0 Å². The normalized spacial score (nSPS) is 11.7. The molecule has 0 spiro atoms. The van der Waals surface area contributed by atoms with Gasteiger partial charge in [0.15, 0.2) is 6.79 Å². The smallest absolute Gasteiger partial charge is 0.189 e. The predicted octanol–water partition coefficient (Wildman–Crippen LogP) is 4.21. The zero-order valence-corrected chi connectivity index (χ0v) is 14.9. The van der Waals surface area contributed by atoms with Crippen LogP contribution in [0, 0.1) is 0 Å². The summed E-state index contributed by atoms with van der Waals surface area (Å²) in [5.74, 6) is 0.825. The number of rotatable bonds is 10. The van der Waals surface area contributed by atoms with Gasteiger partial charge in [-0.2, -0.15) is 0 Å². The van der Waals surface area contributed by atoms with Gasteiger partial charge in [0.2, 0.25) is 0 Å². The number of benzene rings is 1. The minimum Gasteiger partial charge on any atom is -0.468 e. The first kappa shape index (κ1) is 18.2. The van der Waals surface area contributed by atoms with Crippen LogP contribution in [0.5, 0.6) is 5.75 Å². The molecule has 0 amide bonds. The highest BCUT2D eigenvalue weighted by atomic mass is 28.3. The molecule has 120 valence electrons. The van der Waals surface area contributed by atoms with Gasteiger partial charge in [-0.25, -0.2) is 0 Å². The van der Waals surface area contributed by atoms with Gasteiger partial charge in [0.05, 0.1) is 6.61 Å². The molecule has 0 aliphatic rings. The van der Waals surface area contributed by atoms with Crippen molar-refractivity contribution in [3.63, 3.8) is 0 Å². The van der Waals surface area contributed by atoms with Gasteiger partial charge in [-0.15, -0.1) is 0 Å². The fourth-order valence-electron chi connectivity index (χ4n) is 1.99. The summed E-state index contributed by atoms with van der Waals surface area (Å²) in [5.41, 5.74) is 2.18. The summed E-state index contributed by atoms with van der Waals surface area (Å²) in [6.45, 7) is 10.3. The Morgan fingerprint density at radius 2 is 1.90 bits per heavy atom. The summed E-state index contributed by atoms with van der Waals surface area (Å²) < 4.78 is 11.2. The maximum atomic E-state index is 9.37. The van der Waals surface area contributed by atoms with E-state index < -0.39 is 8.07 Å². The molecule has 0 fully saturated rings. The minimum atomic E-state index is -1.03. The number of hydrogen-bond acceptors (Lipinski definition) is 3. The molecule has 0 aliphatic heterocycles. The maximum Gasteiger partial charge on any atom is 0.189 e. The lowest BCUT2D eigenvalue weighted by Crippen LogP contribution is -2.22. The lowest BCUT2D eigenvalue weighted by Gasteiger charge is -2.16. The molecule has 0 aliphatic carbocycles. The second-order valence-corrected chi connectivity index (χ2v) is 12.3. The average molecular weight is 311 g/mol. The Morgan fingerprint density at radius 3 is 2.52 bits per heavy atom. The van der Waals surface area contributed by atoms with Gasteiger partial charge in [-0.3, -0.25) is 0 Å². The van der Waals surface area contributed by atoms with Gasteiger partial charge in [-0.1, -0.05) is 39.1 Å². The summed E-state index contributed by atoms with van der Waals surface area (Å²) in [5, 5.41) is 9.37. The van der Waals surface area contributed by atoms with Crippen molar-refractivity contribution in [2.24, 2.45) is 0 Å². The molecule has 0 atom stereocenters. The highest BCUT2D eigenvalue weighted by Gasteiger charge is 2.12. The summed E-state index contributed by atoms with van der Waals surface area (Å²) in [6.07, 6.45) is 3.26. The van der Waals surface area contributed by atoms with Crippen molar-refractivity contribution < 1.29 is 14.6 Å². The van der Waals surface area contributed by atoms with Crippen molar-refractivity contribution in [2.45, 2.75) is 58.5 Å². The van der Waals surface area contributed by atoms with Crippen LogP contribution in [0.15, 0.2) is 18.2 Å². The van der Waals surface area contributed by atoms with Crippen molar-refractivity contribution in [1.29, 1.82) is 0 Å². The molecule has 4 heteroatoms. The Kier molecular flexibility index (Phi) is 8.00. The highest BCUT2D eigenvalue weighted by Crippen LogP contribution is 2.20. The number of ether oxygens (including phenoxy) is 2. The van der Waals surface area contributed by atoms with E-state index in [1.807, 2.05) is 18.2 Å². The molecule has 0 radical (unpaired) electrons. The SMILES string of the molecule is CCCCc1cc(OCOCC[Si](C)(C)C)ccc1CO. The number of unbranched alkanes of at least 4 members (excludes halogenated alkanes) is 1. The fourth-order valence-corrected chi connectivity index (χ4v) is 2.75. The molecule has 0 unspecified atom stereocenters. The van der Waals surface area contributed by atoms with Crippen LogP contribution in [0.2, 0.25) is 25.7 Å². The van der Waals surface area contributed by atoms with E-state index in [2.05, 4.69) is 26.6 Å². The summed E-state index contributed by atoms with van der Waals surface area (Å²) in [4.78, 5) is 0. The third kappa shape index (κ3) is 7.65. The number of aliphatic hydroxyl groups is 1. The van der Waals surface area contributed by atoms with Crippen molar-refractivity contribution in [2.75, 3.05) is 13.4 Å². The van der Waals surface area contributed by atoms with E-state index in [4.69, 9.17) is 9.47 Å². The molecular weight excluding hydrogens is 280 g/mol. The van der Waals surface area contributed by atoms with Gasteiger partial charge in [0.1, 0.15) is 5.75 Å². The monoisotopic (exact) mass is 310 g/mol. The highest BCUT2D eigenvalue weighted by molar-refractivity contribution is 6.76. The lowest BCUT2D eigenvalue weighted by molar-refractivity contribution is 0.0220. The molecule has 1 rings (SSSR count). The summed E-state index contributed by atoms with van der Waals surface area (Å²) in [7, 11) is -1.03. The Bertz CT molecular complexity index is 413. The van der Waals surface area contributed by atoms with Crippen molar-refractivity contribution in [3.05, 3.63) is 29.3 Å². The van der Waals surface area contributed by atoms with Crippen LogP contribution < -0.4 is 4.74 Å². The maximum absolute atomic E-state index is 9.37. The zero-order chi connectivity index (χ0) is 15.7. The van der Waals surface area contributed by atoms with E-state index in [-0.39, 0.29) is 6.61 Å². The van der Waals surface area contributed by atoms with Crippen LogP contribution in [-0.2, 0) is 17.8 Å². The van der Waals surface area contributed by atoms with Crippen LogP contribution in [-0.4, -0.2) is 26.6 Å². The van der Waals surface area contributed by atoms with E-state index in [0.29, 0.717) is 6.79 Å². The Morgan fingerprint density at radius 1 is 1.14 bits per heavy atom. The second kappa shape index (κ2) is 9.23. The number of hydrogen-bond donors (Lipinski definition) is 1. The Balaban J connectivity index is 2.44. The second-order valence-electron chi connectivity index (χ2n) is 6.67. The van der Waals surface area contributed by atoms with Crippen LogP contribution in [0.1, 0.15) is 30.9 Å². The number of aryl methyl sites for hydroxylation is 1. The molecule has 0 saturated heterocycles. The first-order chi connectivity index (χ1) is 9.96.